The highest BCUT2D eigenvalue weighted by atomic mass is 16.3. The number of hydrogen-bond acceptors (Lipinski definition) is 1. The molecule has 0 saturated carbocycles. The van der Waals surface area contributed by atoms with Crippen LogP contribution in [0.5, 0.6) is 0 Å². The third-order valence-electron chi connectivity index (χ3n) is 2.85. The van der Waals surface area contributed by atoms with Gasteiger partial charge < -0.3 is 9.67 Å². The number of hydrogen-bond donors (Lipinski definition) is 1. The van der Waals surface area contributed by atoms with Gasteiger partial charge in [-0.25, -0.2) is 0 Å². The Morgan fingerprint density at radius 2 is 2.00 bits per heavy atom. The normalized spacial score (nSPS) is 12.3. The van der Waals surface area contributed by atoms with Gasteiger partial charge in [-0.15, -0.1) is 0 Å². The highest BCUT2D eigenvalue weighted by Crippen LogP contribution is 2.25. The van der Waals surface area contributed by atoms with E-state index >= 15 is 0 Å². The highest BCUT2D eigenvalue weighted by molar-refractivity contribution is 5.84. The van der Waals surface area contributed by atoms with Crippen molar-refractivity contribution >= 4 is 10.9 Å². The number of aromatic nitrogens is 1. The Kier molecular flexibility index (Phi) is 2.55. The van der Waals surface area contributed by atoms with Crippen molar-refractivity contribution in [2.45, 2.75) is 32.8 Å². The second kappa shape index (κ2) is 3.63. The Balaban J connectivity index is 2.55. The largest absolute Gasteiger partial charge is 0.390 e. The molecule has 0 unspecified atom stereocenters. The van der Waals surface area contributed by atoms with E-state index in [-0.39, 0.29) is 0 Å². The van der Waals surface area contributed by atoms with Crippen molar-refractivity contribution in [3.63, 3.8) is 0 Å². The summed E-state index contributed by atoms with van der Waals surface area (Å²) in [5.74, 6) is 0. The summed E-state index contributed by atoms with van der Waals surface area (Å²) in [6, 6.07) is 6.45. The van der Waals surface area contributed by atoms with Gasteiger partial charge in [-0.1, -0.05) is 12.1 Å². The summed E-state index contributed by atoms with van der Waals surface area (Å²) >= 11 is 0. The molecule has 1 aromatic carbocycles. The minimum Gasteiger partial charge on any atom is -0.390 e. The van der Waals surface area contributed by atoms with Gasteiger partial charge in [0.15, 0.2) is 0 Å². The molecule has 2 heteroatoms. The fourth-order valence-corrected chi connectivity index (χ4v) is 2.18. The molecule has 0 aliphatic carbocycles. The minimum atomic E-state index is -0.654. The SMILES string of the molecule is Cc1ccc2c(CC(C)(C)O)cn(C)c2c1. The van der Waals surface area contributed by atoms with Crippen molar-refractivity contribution in [3.8, 4) is 0 Å². The average Bonchev–Trinajstić information content (AvgIpc) is 2.40. The Morgan fingerprint density at radius 3 is 2.62 bits per heavy atom. The fraction of sp³-hybridized carbons (Fsp3) is 0.429. The molecule has 1 N–H and O–H groups in total. The molecule has 0 atom stereocenters. The van der Waals surface area contributed by atoms with Crippen LogP contribution in [-0.4, -0.2) is 15.3 Å². The second-order valence-electron chi connectivity index (χ2n) is 5.28. The lowest BCUT2D eigenvalue weighted by molar-refractivity contribution is 0.0813. The molecule has 0 aliphatic heterocycles. The van der Waals surface area contributed by atoms with Crippen molar-refractivity contribution in [1.29, 1.82) is 0 Å². The van der Waals surface area contributed by atoms with E-state index in [2.05, 4.69) is 42.9 Å². The van der Waals surface area contributed by atoms with E-state index in [0.717, 1.165) is 0 Å². The van der Waals surface area contributed by atoms with Crippen LogP contribution in [0.3, 0.4) is 0 Å². The molecular weight excluding hydrogens is 198 g/mol. The van der Waals surface area contributed by atoms with Crippen LogP contribution < -0.4 is 0 Å². The van der Waals surface area contributed by atoms with Crippen molar-refractivity contribution < 1.29 is 5.11 Å². The molecule has 0 spiro atoms. The summed E-state index contributed by atoms with van der Waals surface area (Å²) in [7, 11) is 2.05. The van der Waals surface area contributed by atoms with Gasteiger partial charge in [-0.2, -0.15) is 0 Å². The molecule has 0 bridgehead atoms. The number of fused-ring (bicyclic) bond motifs is 1. The van der Waals surface area contributed by atoms with Crippen molar-refractivity contribution in [3.05, 3.63) is 35.5 Å². The molecule has 2 rings (SSSR count). The van der Waals surface area contributed by atoms with Crippen LogP contribution >= 0.6 is 0 Å². The van der Waals surface area contributed by atoms with Crippen LogP contribution in [0.1, 0.15) is 25.0 Å². The minimum absolute atomic E-state index is 0.654. The fourth-order valence-electron chi connectivity index (χ4n) is 2.18. The topological polar surface area (TPSA) is 25.2 Å². The van der Waals surface area contributed by atoms with Crippen LogP contribution in [0.2, 0.25) is 0 Å². The van der Waals surface area contributed by atoms with Gasteiger partial charge in [0.05, 0.1) is 5.60 Å². The Labute approximate surface area is 96.5 Å². The lowest BCUT2D eigenvalue weighted by atomic mass is 9.98. The summed E-state index contributed by atoms with van der Waals surface area (Å²) < 4.78 is 2.13. The number of benzene rings is 1. The van der Waals surface area contributed by atoms with Crippen LogP contribution in [0.4, 0.5) is 0 Å². The Hall–Kier alpha value is -1.28. The first kappa shape index (κ1) is 11.2. The molecular formula is C14H19NO. The molecule has 1 heterocycles. The highest BCUT2D eigenvalue weighted by Gasteiger charge is 2.16. The van der Waals surface area contributed by atoms with Gasteiger partial charge in [-0.05, 0) is 38.0 Å². The number of nitrogens with zero attached hydrogens (tertiary/aromatic N) is 1. The predicted molar refractivity (Wildman–Crippen MR) is 67.7 cm³/mol. The first-order valence-electron chi connectivity index (χ1n) is 5.64. The Bertz CT molecular complexity index is 517. The summed E-state index contributed by atoms with van der Waals surface area (Å²) in [4.78, 5) is 0. The number of aryl methyl sites for hydroxylation is 2. The maximum atomic E-state index is 9.89. The number of aliphatic hydroxyl groups is 1. The van der Waals surface area contributed by atoms with Crippen LogP contribution in [0.25, 0.3) is 10.9 Å². The van der Waals surface area contributed by atoms with E-state index in [1.807, 2.05) is 13.8 Å². The molecule has 2 nitrogen and oxygen atoms in total. The van der Waals surface area contributed by atoms with Gasteiger partial charge >= 0.3 is 0 Å². The van der Waals surface area contributed by atoms with Crippen molar-refractivity contribution in [1.82, 2.24) is 4.57 Å². The van der Waals surface area contributed by atoms with Gasteiger partial charge in [0.2, 0.25) is 0 Å². The van der Waals surface area contributed by atoms with E-state index in [1.54, 1.807) is 0 Å². The van der Waals surface area contributed by atoms with Gasteiger partial charge in [0.1, 0.15) is 0 Å². The van der Waals surface area contributed by atoms with E-state index < -0.39 is 5.60 Å². The summed E-state index contributed by atoms with van der Waals surface area (Å²) in [6.07, 6.45) is 2.80. The molecule has 86 valence electrons. The molecule has 0 fully saturated rings. The molecule has 16 heavy (non-hydrogen) atoms. The van der Waals surface area contributed by atoms with E-state index in [4.69, 9.17) is 0 Å². The summed E-state index contributed by atoms with van der Waals surface area (Å²) in [5, 5.41) is 11.1. The molecule has 0 amide bonds. The maximum absolute atomic E-state index is 9.89. The first-order chi connectivity index (χ1) is 7.37. The van der Waals surface area contributed by atoms with E-state index in [1.165, 1.54) is 22.0 Å². The lowest BCUT2D eigenvalue weighted by Crippen LogP contribution is -2.21. The molecule has 0 radical (unpaired) electrons. The van der Waals surface area contributed by atoms with E-state index in [0.29, 0.717) is 6.42 Å². The monoisotopic (exact) mass is 217 g/mol. The third-order valence-corrected chi connectivity index (χ3v) is 2.85. The Morgan fingerprint density at radius 1 is 1.31 bits per heavy atom. The zero-order chi connectivity index (χ0) is 11.9. The van der Waals surface area contributed by atoms with Gasteiger partial charge in [0.25, 0.3) is 0 Å². The lowest BCUT2D eigenvalue weighted by Gasteiger charge is -2.16. The molecule has 2 aromatic rings. The average molecular weight is 217 g/mol. The van der Waals surface area contributed by atoms with Crippen LogP contribution in [0.15, 0.2) is 24.4 Å². The predicted octanol–water partition coefficient (Wildman–Crippen LogP) is 2.80. The molecule has 0 saturated heterocycles. The van der Waals surface area contributed by atoms with Gasteiger partial charge in [-0.3, -0.25) is 0 Å². The molecule has 1 aromatic heterocycles. The van der Waals surface area contributed by atoms with Crippen molar-refractivity contribution in [2.24, 2.45) is 7.05 Å². The van der Waals surface area contributed by atoms with Crippen molar-refractivity contribution in [2.75, 3.05) is 0 Å². The second-order valence-corrected chi connectivity index (χ2v) is 5.28. The summed E-state index contributed by atoms with van der Waals surface area (Å²) in [5.41, 5.74) is 3.06. The van der Waals surface area contributed by atoms with Crippen LogP contribution in [0, 0.1) is 6.92 Å². The van der Waals surface area contributed by atoms with E-state index in [9.17, 15) is 5.11 Å². The quantitative estimate of drug-likeness (QED) is 0.822. The van der Waals surface area contributed by atoms with Crippen LogP contribution in [-0.2, 0) is 13.5 Å². The first-order valence-corrected chi connectivity index (χ1v) is 5.64. The molecule has 0 aliphatic rings. The summed E-state index contributed by atoms with van der Waals surface area (Å²) in [6.45, 7) is 5.79. The number of rotatable bonds is 2. The smallest absolute Gasteiger partial charge is 0.0632 e. The van der Waals surface area contributed by atoms with Gasteiger partial charge in [0, 0.05) is 30.6 Å². The maximum Gasteiger partial charge on any atom is 0.0632 e. The standard InChI is InChI=1S/C14H19NO/c1-10-5-6-12-11(8-14(2,3)16)9-15(4)13(12)7-10/h5-7,9,16H,8H2,1-4H3. The zero-order valence-electron chi connectivity index (χ0n) is 10.4. The zero-order valence-corrected chi connectivity index (χ0v) is 10.4. The third kappa shape index (κ3) is 2.12.